The molecule has 1 aromatic rings. The summed E-state index contributed by atoms with van der Waals surface area (Å²) in [6.07, 6.45) is 0. The molecule has 0 radical (unpaired) electrons. The summed E-state index contributed by atoms with van der Waals surface area (Å²) in [5, 5.41) is 13.1. The van der Waals surface area contributed by atoms with Crippen molar-refractivity contribution >= 4 is 17.3 Å². The average molecular weight is 262 g/mol. The first-order chi connectivity index (χ1) is 8.90. The molecule has 0 aliphatic heterocycles. The van der Waals surface area contributed by atoms with Gasteiger partial charge in [0, 0.05) is 24.7 Å². The number of hydrogen-bond acceptors (Lipinski definition) is 3. The number of nitrogens with zero attached hydrogens (tertiary/aromatic N) is 3. The molecule has 0 aromatic heterocycles. The van der Waals surface area contributed by atoms with Crippen LogP contribution in [-0.2, 0) is 4.79 Å². The molecule has 1 rings (SSSR count). The van der Waals surface area contributed by atoms with Gasteiger partial charge < -0.3 is 5.32 Å². The van der Waals surface area contributed by atoms with Crippen LogP contribution in [0.2, 0.25) is 0 Å². The average Bonchev–Trinajstić information content (AvgIpc) is 2.29. The van der Waals surface area contributed by atoms with Crippen molar-refractivity contribution in [3.05, 3.63) is 24.3 Å². The van der Waals surface area contributed by atoms with Crippen LogP contribution in [0.1, 0.15) is 34.6 Å². The molecule has 1 aromatic carbocycles. The molecule has 5 nitrogen and oxygen atoms in total. The van der Waals surface area contributed by atoms with Crippen molar-refractivity contribution < 1.29 is 4.79 Å². The largest absolute Gasteiger partial charge is 0.326 e. The molecule has 0 bridgehead atoms. The number of rotatable bonds is 5. The van der Waals surface area contributed by atoms with Crippen molar-refractivity contribution in [1.82, 2.24) is 5.01 Å². The van der Waals surface area contributed by atoms with Gasteiger partial charge in [0.15, 0.2) is 0 Å². The predicted octanol–water partition coefficient (Wildman–Crippen LogP) is 3.76. The highest BCUT2D eigenvalue weighted by Crippen LogP contribution is 2.18. The van der Waals surface area contributed by atoms with E-state index in [4.69, 9.17) is 0 Å². The van der Waals surface area contributed by atoms with E-state index >= 15 is 0 Å². The molecule has 104 valence electrons. The van der Waals surface area contributed by atoms with Crippen LogP contribution in [0.4, 0.5) is 11.4 Å². The van der Waals surface area contributed by atoms with Crippen molar-refractivity contribution in [2.45, 2.75) is 46.7 Å². The van der Waals surface area contributed by atoms with Crippen molar-refractivity contribution in [3.8, 4) is 0 Å². The van der Waals surface area contributed by atoms with E-state index in [9.17, 15) is 4.79 Å². The van der Waals surface area contributed by atoms with Gasteiger partial charge >= 0.3 is 0 Å². The quantitative estimate of drug-likeness (QED) is 0.648. The Morgan fingerprint density at radius 3 is 2.05 bits per heavy atom. The first kappa shape index (κ1) is 15.1. The Balaban J connectivity index is 2.73. The number of nitrogens with one attached hydrogen (secondary N) is 1. The Morgan fingerprint density at radius 2 is 1.63 bits per heavy atom. The molecule has 0 unspecified atom stereocenters. The minimum atomic E-state index is -0.0832. The summed E-state index contributed by atoms with van der Waals surface area (Å²) >= 11 is 0. The molecule has 0 fully saturated rings. The van der Waals surface area contributed by atoms with Crippen LogP contribution in [0.3, 0.4) is 0 Å². The maximum absolute atomic E-state index is 10.9. The van der Waals surface area contributed by atoms with Crippen LogP contribution < -0.4 is 5.32 Å². The molecule has 1 amide bonds. The Bertz CT molecular complexity index is 429. The van der Waals surface area contributed by atoms with Crippen LogP contribution >= 0.6 is 0 Å². The molecule has 5 heteroatoms. The molecule has 0 saturated heterocycles. The number of carbonyl (C=O) groups excluding carboxylic acids is 1. The number of amides is 1. The maximum Gasteiger partial charge on any atom is 0.221 e. The molecule has 0 atom stereocenters. The number of benzene rings is 1. The lowest BCUT2D eigenvalue weighted by molar-refractivity contribution is -0.114. The monoisotopic (exact) mass is 262 g/mol. The smallest absolute Gasteiger partial charge is 0.221 e. The molecule has 0 aliphatic carbocycles. The van der Waals surface area contributed by atoms with Crippen molar-refractivity contribution in [3.63, 3.8) is 0 Å². The van der Waals surface area contributed by atoms with Gasteiger partial charge in [0.25, 0.3) is 0 Å². The van der Waals surface area contributed by atoms with Crippen LogP contribution in [0.15, 0.2) is 34.6 Å². The normalized spacial score (nSPS) is 11.3. The number of hydrogen-bond donors (Lipinski definition) is 1. The third-order valence-electron chi connectivity index (χ3n) is 2.51. The van der Waals surface area contributed by atoms with E-state index in [-0.39, 0.29) is 5.91 Å². The first-order valence-corrected chi connectivity index (χ1v) is 6.47. The number of anilines is 1. The summed E-state index contributed by atoms with van der Waals surface area (Å²) in [5.74, 6) is -0.0832. The fourth-order valence-corrected chi connectivity index (χ4v) is 1.72. The molecular formula is C14H22N4O. The van der Waals surface area contributed by atoms with Gasteiger partial charge in [-0.15, -0.1) is 5.11 Å². The van der Waals surface area contributed by atoms with Crippen LogP contribution in [0.5, 0.6) is 0 Å². The highest BCUT2D eigenvalue weighted by atomic mass is 16.1. The third kappa shape index (κ3) is 5.07. The summed E-state index contributed by atoms with van der Waals surface area (Å²) < 4.78 is 0. The molecule has 0 spiro atoms. The summed E-state index contributed by atoms with van der Waals surface area (Å²) in [5.41, 5.74) is 1.52. The van der Waals surface area contributed by atoms with Gasteiger partial charge in [0.1, 0.15) is 0 Å². The Morgan fingerprint density at radius 1 is 1.11 bits per heavy atom. The summed E-state index contributed by atoms with van der Waals surface area (Å²) in [6, 6.07) is 7.89. The lowest BCUT2D eigenvalue weighted by Gasteiger charge is -2.25. The topological polar surface area (TPSA) is 57.1 Å². The molecule has 0 aliphatic rings. The van der Waals surface area contributed by atoms with Crippen LogP contribution in [0.25, 0.3) is 0 Å². The lowest BCUT2D eigenvalue weighted by atomic mass is 10.3. The van der Waals surface area contributed by atoms with E-state index in [1.807, 2.05) is 29.3 Å². The van der Waals surface area contributed by atoms with Gasteiger partial charge in [-0.05, 0) is 52.0 Å². The van der Waals surface area contributed by atoms with E-state index in [0.29, 0.717) is 12.1 Å². The van der Waals surface area contributed by atoms with Gasteiger partial charge in [0.2, 0.25) is 5.91 Å². The zero-order chi connectivity index (χ0) is 14.4. The Labute approximate surface area is 114 Å². The second kappa shape index (κ2) is 6.87. The van der Waals surface area contributed by atoms with Gasteiger partial charge in [-0.2, -0.15) is 0 Å². The van der Waals surface area contributed by atoms with Crippen LogP contribution in [-0.4, -0.2) is 23.0 Å². The van der Waals surface area contributed by atoms with E-state index in [2.05, 4.69) is 43.3 Å². The fourth-order valence-electron chi connectivity index (χ4n) is 1.72. The van der Waals surface area contributed by atoms with E-state index in [1.165, 1.54) is 6.92 Å². The Kier molecular flexibility index (Phi) is 5.48. The van der Waals surface area contributed by atoms with E-state index < -0.39 is 0 Å². The zero-order valence-corrected chi connectivity index (χ0v) is 12.2. The van der Waals surface area contributed by atoms with E-state index in [0.717, 1.165) is 11.4 Å². The highest BCUT2D eigenvalue weighted by Gasteiger charge is 2.10. The fraction of sp³-hybridized carbons (Fsp3) is 0.500. The third-order valence-corrected chi connectivity index (χ3v) is 2.51. The second-order valence-corrected chi connectivity index (χ2v) is 4.99. The summed E-state index contributed by atoms with van der Waals surface area (Å²) in [7, 11) is 0. The maximum atomic E-state index is 10.9. The Hall–Kier alpha value is -1.91. The first-order valence-electron chi connectivity index (χ1n) is 6.47. The summed E-state index contributed by atoms with van der Waals surface area (Å²) in [4.78, 5) is 10.9. The molecule has 0 heterocycles. The van der Waals surface area contributed by atoms with Gasteiger partial charge in [-0.25, -0.2) is 0 Å². The van der Waals surface area contributed by atoms with Crippen molar-refractivity contribution in [2.24, 2.45) is 10.3 Å². The SMILES string of the molecule is CC(=O)Nc1ccc(N=NN(C(C)C)C(C)C)cc1. The second-order valence-electron chi connectivity index (χ2n) is 4.99. The van der Waals surface area contributed by atoms with Crippen molar-refractivity contribution in [1.29, 1.82) is 0 Å². The summed E-state index contributed by atoms with van der Waals surface area (Å²) in [6.45, 7) is 9.81. The minimum Gasteiger partial charge on any atom is -0.326 e. The highest BCUT2D eigenvalue weighted by molar-refractivity contribution is 5.88. The van der Waals surface area contributed by atoms with Gasteiger partial charge in [0.05, 0.1) is 5.69 Å². The number of carbonyl (C=O) groups is 1. The molecule has 0 saturated carbocycles. The van der Waals surface area contributed by atoms with Crippen LogP contribution in [0, 0.1) is 0 Å². The van der Waals surface area contributed by atoms with E-state index in [1.54, 1.807) is 0 Å². The molecule has 19 heavy (non-hydrogen) atoms. The van der Waals surface area contributed by atoms with Gasteiger partial charge in [-0.3, -0.25) is 9.80 Å². The predicted molar refractivity (Wildman–Crippen MR) is 77.4 cm³/mol. The molecular weight excluding hydrogens is 240 g/mol. The van der Waals surface area contributed by atoms with Gasteiger partial charge in [-0.1, -0.05) is 5.22 Å². The minimum absolute atomic E-state index is 0.0832. The van der Waals surface area contributed by atoms with Crippen molar-refractivity contribution in [2.75, 3.05) is 5.32 Å². The zero-order valence-electron chi connectivity index (χ0n) is 12.2. The standard InChI is InChI=1S/C14H22N4O/c1-10(2)18(11(3)4)17-16-14-8-6-13(7-9-14)15-12(5)19/h6-11H,1-5H3,(H,15,19). The lowest BCUT2D eigenvalue weighted by Crippen LogP contribution is -2.31. The molecule has 1 N–H and O–H groups in total.